The van der Waals surface area contributed by atoms with Crippen molar-refractivity contribution in [2.24, 2.45) is 11.5 Å². The van der Waals surface area contributed by atoms with Crippen molar-refractivity contribution >= 4 is 5.91 Å². The summed E-state index contributed by atoms with van der Waals surface area (Å²) in [5, 5.41) is 2.67. The second kappa shape index (κ2) is 6.12. The van der Waals surface area contributed by atoms with Crippen molar-refractivity contribution in [3.63, 3.8) is 0 Å². The first-order valence-electron chi connectivity index (χ1n) is 3.89. The maximum atomic E-state index is 10.9. The lowest BCUT2D eigenvalue weighted by atomic mass is 10.2. The lowest BCUT2D eigenvalue weighted by Crippen LogP contribution is -2.30. The summed E-state index contributed by atoms with van der Waals surface area (Å²) in [5.41, 5.74) is 10.7. The van der Waals surface area contributed by atoms with Gasteiger partial charge in [-0.3, -0.25) is 4.79 Å². The van der Waals surface area contributed by atoms with E-state index in [2.05, 4.69) is 5.32 Å². The van der Waals surface area contributed by atoms with E-state index in [4.69, 9.17) is 11.5 Å². The standard InChI is InChI=1S/C7H17N3O/c1-6(9)2-3-7(11)10-5-4-8/h6H,2-5,8-9H2,1H3,(H,10,11)/t6-/m1/s1. The molecule has 0 aromatic rings. The minimum absolute atomic E-state index is 0.0350. The van der Waals surface area contributed by atoms with Crippen molar-refractivity contribution in [2.75, 3.05) is 13.1 Å². The first-order chi connectivity index (χ1) is 5.16. The summed E-state index contributed by atoms with van der Waals surface area (Å²) < 4.78 is 0. The molecule has 0 aliphatic rings. The van der Waals surface area contributed by atoms with Crippen molar-refractivity contribution in [3.05, 3.63) is 0 Å². The van der Waals surface area contributed by atoms with E-state index in [0.717, 1.165) is 6.42 Å². The Morgan fingerprint density at radius 1 is 1.64 bits per heavy atom. The molecule has 1 atom stereocenters. The number of carbonyl (C=O) groups is 1. The summed E-state index contributed by atoms with van der Waals surface area (Å²) in [6, 6.07) is 0.0960. The highest BCUT2D eigenvalue weighted by Gasteiger charge is 2.01. The molecule has 0 saturated heterocycles. The van der Waals surface area contributed by atoms with Crippen LogP contribution in [0, 0.1) is 0 Å². The molecule has 11 heavy (non-hydrogen) atoms. The molecule has 0 fully saturated rings. The highest BCUT2D eigenvalue weighted by molar-refractivity contribution is 5.75. The number of nitrogens with two attached hydrogens (primary N) is 2. The van der Waals surface area contributed by atoms with E-state index >= 15 is 0 Å². The number of amides is 1. The summed E-state index contributed by atoms with van der Waals surface area (Å²) in [7, 11) is 0. The summed E-state index contributed by atoms with van der Waals surface area (Å²) in [6.45, 7) is 2.93. The second-order valence-corrected chi connectivity index (χ2v) is 2.65. The van der Waals surface area contributed by atoms with Crippen LogP contribution in [0.5, 0.6) is 0 Å². The van der Waals surface area contributed by atoms with Crippen LogP contribution in [0.1, 0.15) is 19.8 Å². The van der Waals surface area contributed by atoms with Crippen LogP contribution in [-0.4, -0.2) is 25.0 Å². The monoisotopic (exact) mass is 159 g/mol. The molecule has 0 aromatic carbocycles. The fourth-order valence-electron chi connectivity index (χ4n) is 0.659. The van der Waals surface area contributed by atoms with E-state index in [9.17, 15) is 4.79 Å². The Hall–Kier alpha value is -0.610. The third kappa shape index (κ3) is 7.29. The van der Waals surface area contributed by atoms with Gasteiger partial charge in [0.2, 0.25) is 5.91 Å². The molecule has 0 unspecified atom stereocenters. The molecule has 0 spiro atoms. The number of nitrogens with one attached hydrogen (secondary N) is 1. The van der Waals surface area contributed by atoms with Gasteiger partial charge in [0.25, 0.3) is 0 Å². The average Bonchev–Trinajstić information content (AvgIpc) is 1.97. The van der Waals surface area contributed by atoms with Crippen LogP contribution in [0.4, 0.5) is 0 Å². The summed E-state index contributed by atoms with van der Waals surface area (Å²) in [5.74, 6) is 0.0350. The molecule has 4 heteroatoms. The van der Waals surface area contributed by atoms with E-state index in [-0.39, 0.29) is 11.9 Å². The maximum absolute atomic E-state index is 10.9. The smallest absolute Gasteiger partial charge is 0.220 e. The number of rotatable bonds is 5. The van der Waals surface area contributed by atoms with Crippen LogP contribution >= 0.6 is 0 Å². The first-order valence-corrected chi connectivity index (χ1v) is 3.89. The molecular weight excluding hydrogens is 142 g/mol. The quantitative estimate of drug-likeness (QED) is 0.490. The molecule has 5 N–H and O–H groups in total. The van der Waals surface area contributed by atoms with Crippen molar-refractivity contribution in [3.8, 4) is 0 Å². The highest BCUT2D eigenvalue weighted by Crippen LogP contribution is 1.91. The van der Waals surface area contributed by atoms with Crippen LogP contribution in [0.2, 0.25) is 0 Å². The highest BCUT2D eigenvalue weighted by atomic mass is 16.1. The lowest BCUT2D eigenvalue weighted by Gasteiger charge is -2.04. The van der Waals surface area contributed by atoms with Crippen LogP contribution < -0.4 is 16.8 Å². The van der Waals surface area contributed by atoms with Crippen LogP contribution in [0.15, 0.2) is 0 Å². The zero-order chi connectivity index (χ0) is 8.69. The Morgan fingerprint density at radius 2 is 2.27 bits per heavy atom. The number of hydrogen-bond acceptors (Lipinski definition) is 3. The minimum Gasteiger partial charge on any atom is -0.355 e. The summed E-state index contributed by atoms with van der Waals surface area (Å²) in [6.07, 6.45) is 1.23. The number of hydrogen-bond donors (Lipinski definition) is 3. The van der Waals surface area contributed by atoms with Gasteiger partial charge in [-0.2, -0.15) is 0 Å². The van der Waals surface area contributed by atoms with Crippen molar-refractivity contribution < 1.29 is 4.79 Å². The topological polar surface area (TPSA) is 81.1 Å². The van der Waals surface area contributed by atoms with Gasteiger partial charge in [-0.15, -0.1) is 0 Å². The van der Waals surface area contributed by atoms with Gasteiger partial charge in [-0.1, -0.05) is 0 Å². The predicted octanol–water partition coefficient (Wildman–Crippen LogP) is -0.811. The molecule has 4 nitrogen and oxygen atoms in total. The fraction of sp³-hybridized carbons (Fsp3) is 0.857. The molecule has 0 heterocycles. The van der Waals surface area contributed by atoms with Gasteiger partial charge < -0.3 is 16.8 Å². The lowest BCUT2D eigenvalue weighted by molar-refractivity contribution is -0.121. The normalized spacial score (nSPS) is 12.6. The molecule has 0 aliphatic carbocycles. The van der Waals surface area contributed by atoms with Gasteiger partial charge in [-0.05, 0) is 13.3 Å². The van der Waals surface area contributed by atoms with Crippen molar-refractivity contribution in [1.82, 2.24) is 5.32 Å². The van der Waals surface area contributed by atoms with Gasteiger partial charge in [0.15, 0.2) is 0 Å². The molecule has 0 bridgehead atoms. The molecule has 1 amide bonds. The van der Waals surface area contributed by atoms with Gasteiger partial charge >= 0.3 is 0 Å². The fourth-order valence-corrected chi connectivity index (χ4v) is 0.659. The predicted molar refractivity (Wildman–Crippen MR) is 44.9 cm³/mol. The summed E-state index contributed by atoms with van der Waals surface area (Å²) >= 11 is 0. The Balaban J connectivity index is 3.23. The van der Waals surface area contributed by atoms with Gasteiger partial charge in [0.05, 0.1) is 0 Å². The Bertz CT molecular complexity index is 114. The van der Waals surface area contributed by atoms with Crippen molar-refractivity contribution in [1.29, 1.82) is 0 Å². The Morgan fingerprint density at radius 3 is 2.73 bits per heavy atom. The van der Waals surface area contributed by atoms with E-state index in [1.807, 2.05) is 6.92 Å². The van der Waals surface area contributed by atoms with Crippen LogP contribution in [0.3, 0.4) is 0 Å². The second-order valence-electron chi connectivity index (χ2n) is 2.65. The van der Waals surface area contributed by atoms with Crippen LogP contribution in [-0.2, 0) is 4.79 Å². The molecule has 66 valence electrons. The Kier molecular flexibility index (Phi) is 5.78. The SMILES string of the molecule is C[C@@H](N)CCC(=O)NCCN. The van der Waals surface area contributed by atoms with Crippen molar-refractivity contribution in [2.45, 2.75) is 25.8 Å². The zero-order valence-electron chi connectivity index (χ0n) is 6.97. The van der Waals surface area contributed by atoms with E-state index in [1.54, 1.807) is 0 Å². The van der Waals surface area contributed by atoms with Crippen LogP contribution in [0.25, 0.3) is 0 Å². The van der Waals surface area contributed by atoms with Gasteiger partial charge in [0, 0.05) is 25.6 Å². The number of carbonyl (C=O) groups excluding carboxylic acids is 1. The zero-order valence-corrected chi connectivity index (χ0v) is 6.97. The maximum Gasteiger partial charge on any atom is 0.220 e. The Labute approximate surface area is 67.3 Å². The van der Waals surface area contributed by atoms with E-state index in [1.165, 1.54) is 0 Å². The molecule has 0 radical (unpaired) electrons. The summed E-state index contributed by atoms with van der Waals surface area (Å²) in [4.78, 5) is 10.9. The molecule has 0 rings (SSSR count). The average molecular weight is 159 g/mol. The molecule has 0 saturated carbocycles. The molecule has 0 aliphatic heterocycles. The molecule has 0 aromatic heterocycles. The third-order valence-electron chi connectivity index (χ3n) is 1.29. The first kappa shape index (κ1) is 10.4. The van der Waals surface area contributed by atoms with E-state index < -0.39 is 0 Å². The largest absolute Gasteiger partial charge is 0.355 e. The minimum atomic E-state index is 0.0350. The third-order valence-corrected chi connectivity index (χ3v) is 1.29. The van der Waals surface area contributed by atoms with Gasteiger partial charge in [-0.25, -0.2) is 0 Å². The van der Waals surface area contributed by atoms with E-state index in [0.29, 0.717) is 19.5 Å². The molecular formula is C7H17N3O. The van der Waals surface area contributed by atoms with Gasteiger partial charge in [0.1, 0.15) is 0 Å².